The van der Waals surface area contributed by atoms with Gasteiger partial charge < -0.3 is 19.0 Å². The van der Waals surface area contributed by atoms with Crippen LogP contribution in [0.15, 0.2) is 12.2 Å². The highest BCUT2D eigenvalue weighted by Crippen LogP contribution is 2.39. The average molecular weight is 396 g/mol. The van der Waals surface area contributed by atoms with Crippen LogP contribution in [0.5, 0.6) is 0 Å². The highest BCUT2D eigenvalue weighted by Gasteiger charge is 2.45. The van der Waals surface area contributed by atoms with E-state index in [1.54, 1.807) is 6.08 Å². The second kappa shape index (κ2) is 12.3. The number of rotatable bonds is 11. The van der Waals surface area contributed by atoms with E-state index in [1.807, 2.05) is 6.08 Å². The summed E-state index contributed by atoms with van der Waals surface area (Å²) in [4.78, 5) is 45.5. The minimum absolute atomic E-state index is 0.179. The Kier molecular flexibility index (Phi) is 10.5. The van der Waals surface area contributed by atoms with E-state index in [1.165, 1.54) is 20.8 Å². The van der Waals surface area contributed by atoms with E-state index in [4.69, 9.17) is 14.2 Å². The molecule has 1 fully saturated rings. The van der Waals surface area contributed by atoms with E-state index in [0.29, 0.717) is 12.8 Å². The van der Waals surface area contributed by atoms with Crippen molar-refractivity contribution in [3.8, 4) is 0 Å². The van der Waals surface area contributed by atoms with Crippen molar-refractivity contribution in [3.63, 3.8) is 0 Å². The second-order valence-electron chi connectivity index (χ2n) is 7.20. The van der Waals surface area contributed by atoms with Crippen LogP contribution in [0.1, 0.15) is 66.2 Å². The summed E-state index contributed by atoms with van der Waals surface area (Å²) < 4.78 is 16.2. The zero-order chi connectivity index (χ0) is 21.1. The van der Waals surface area contributed by atoms with Crippen LogP contribution in [-0.2, 0) is 33.4 Å². The molecule has 7 heteroatoms. The Labute approximate surface area is 166 Å². The van der Waals surface area contributed by atoms with Crippen LogP contribution in [0.3, 0.4) is 0 Å². The van der Waals surface area contributed by atoms with Crippen molar-refractivity contribution < 1.29 is 33.4 Å². The number of carbonyl (C=O) groups is 4. The van der Waals surface area contributed by atoms with E-state index in [0.717, 1.165) is 25.5 Å². The maximum Gasteiger partial charge on any atom is 0.303 e. The number of aldehydes is 1. The van der Waals surface area contributed by atoms with Crippen molar-refractivity contribution in [2.45, 2.75) is 84.5 Å². The quantitative estimate of drug-likeness (QED) is 0.174. The first-order valence-electron chi connectivity index (χ1n) is 9.92. The van der Waals surface area contributed by atoms with E-state index in [9.17, 15) is 19.2 Å². The van der Waals surface area contributed by atoms with Crippen LogP contribution < -0.4 is 0 Å². The van der Waals surface area contributed by atoms with Crippen LogP contribution >= 0.6 is 0 Å². The molecule has 0 bridgehead atoms. The Morgan fingerprint density at radius 1 is 1.00 bits per heavy atom. The van der Waals surface area contributed by atoms with Gasteiger partial charge in [0.25, 0.3) is 0 Å². The minimum Gasteiger partial charge on any atom is -0.462 e. The van der Waals surface area contributed by atoms with E-state index in [-0.39, 0.29) is 30.3 Å². The summed E-state index contributed by atoms with van der Waals surface area (Å²) in [7, 11) is 0. The van der Waals surface area contributed by atoms with Gasteiger partial charge in [-0.3, -0.25) is 14.4 Å². The minimum atomic E-state index is -0.506. The Morgan fingerprint density at radius 3 is 2.18 bits per heavy atom. The first-order chi connectivity index (χ1) is 13.3. The average Bonchev–Trinajstić information content (AvgIpc) is 2.87. The molecule has 0 unspecified atom stereocenters. The summed E-state index contributed by atoms with van der Waals surface area (Å²) in [6.07, 6.45) is 7.24. The normalized spacial score (nSPS) is 25.3. The van der Waals surface area contributed by atoms with Crippen LogP contribution in [0.4, 0.5) is 0 Å². The summed E-state index contributed by atoms with van der Waals surface area (Å²) >= 11 is 0. The summed E-state index contributed by atoms with van der Waals surface area (Å²) in [6.45, 7) is 6.09. The standard InChI is InChI=1S/C21H32O7/c1-5-6-7-8-17(26-14(2)23)9-10-18-19(11-12-22)21(28-16(4)25)13-20(18)27-15(3)24/h9-10,12,17-21H,5-8,11,13H2,1-4H3/b10-9+/t17-,18+,19+,20+,21-/m1/s1. The monoisotopic (exact) mass is 396 g/mol. The summed E-state index contributed by atoms with van der Waals surface area (Å²) in [5.74, 6) is -1.84. The first kappa shape index (κ1) is 23.9. The molecule has 1 aliphatic carbocycles. The van der Waals surface area contributed by atoms with Gasteiger partial charge in [0.15, 0.2) is 0 Å². The van der Waals surface area contributed by atoms with Gasteiger partial charge in [-0.25, -0.2) is 0 Å². The smallest absolute Gasteiger partial charge is 0.303 e. The van der Waals surface area contributed by atoms with Crippen LogP contribution in [-0.4, -0.2) is 42.5 Å². The maximum atomic E-state index is 11.5. The molecule has 0 amide bonds. The summed E-state index contributed by atoms with van der Waals surface area (Å²) in [5, 5.41) is 0. The molecule has 5 atom stereocenters. The van der Waals surface area contributed by atoms with Crippen LogP contribution in [0, 0.1) is 11.8 Å². The van der Waals surface area contributed by atoms with Crippen molar-refractivity contribution in [2.24, 2.45) is 11.8 Å². The lowest BCUT2D eigenvalue weighted by Gasteiger charge is -2.22. The third-order valence-electron chi connectivity index (χ3n) is 4.83. The third-order valence-corrected chi connectivity index (χ3v) is 4.83. The predicted octanol–water partition coefficient (Wildman–Crippen LogP) is 3.14. The molecule has 158 valence electrons. The van der Waals surface area contributed by atoms with Crippen molar-refractivity contribution in [1.29, 1.82) is 0 Å². The molecule has 0 aromatic carbocycles. The molecule has 7 nitrogen and oxygen atoms in total. The highest BCUT2D eigenvalue weighted by atomic mass is 16.6. The van der Waals surface area contributed by atoms with Crippen molar-refractivity contribution >= 4 is 24.2 Å². The van der Waals surface area contributed by atoms with Crippen molar-refractivity contribution in [1.82, 2.24) is 0 Å². The number of ether oxygens (including phenoxy) is 3. The SMILES string of the molecule is CCCCC[C@H](/C=C/[C@H]1[C@H](CC=O)[C@H](OC(C)=O)C[C@@H]1OC(C)=O)OC(C)=O. The lowest BCUT2D eigenvalue weighted by atomic mass is 9.90. The maximum absolute atomic E-state index is 11.5. The molecular formula is C21H32O7. The number of esters is 3. The van der Waals surface area contributed by atoms with E-state index in [2.05, 4.69) is 6.92 Å². The largest absolute Gasteiger partial charge is 0.462 e. The molecule has 1 saturated carbocycles. The second-order valence-corrected chi connectivity index (χ2v) is 7.20. The number of carbonyl (C=O) groups excluding carboxylic acids is 4. The molecule has 0 aromatic heterocycles. The van der Waals surface area contributed by atoms with Gasteiger partial charge in [-0.1, -0.05) is 25.8 Å². The van der Waals surface area contributed by atoms with Gasteiger partial charge in [-0.2, -0.15) is 0 Å². The van der Waals surface area contributed by atoms with Gasteiger partial charge in [0.1, 0.15) is 24.6 Å². The fourth-order valence-corrected chi connectivity index (χ4v) is 3.72. The van der Waals surface area contributed by atoms with Crippen LogP contribution in [0.2, 0.25) is 0 Å². The zero-order valence-electron chi connectivity index (χ0n) is 17.2. The molecule has 1 aliphatic rings. The fraction of sp³-hybridized carbons (Fsp3) is 0.714. The Balaban J connectivity index is 3.02. The van der Waals surface area contributed by atoms with Crippen molar-refractivity contribution in [3.05, 3.63) is 12.2 Å². The molecule has 0 aromatic rings. The van der Waals surface area contributed by atoms with Crippen molar-refractivity contribution in [2.75, 3.05) is 0 Å². The molecule has 0 N–H and O–H groups in total. The number of hydrogen-bond donors (Lipinski definition) is 0. The predicted molar refractivity (Wildman–Crippen MR) is 102 cm³/mol. The Morgan fingerprint density at radius 2 is 1.64 bits per heavy atom. The Bertz CT molecular complexity index is 569. The van der Waals surface area contributed by atoms with Gasteiger partial charge in [0.2, 0.25) is 0 Å². The molecule has 28 heavy (non-hydrogen) atoms. The van der Waals surface area contributed by atoms with E-state index < -0.39 is 24.1 Å². The molecule has 0 radical (unpaired) electrons. The molecule has 0 heterocycles. The third kappa shape index (κ3) is 8.23. The van der Waals surface area contributed by atoms with Gasteiger partial charge >= 0.3 is 17.9 Å². The lowest BCUT2D eigenvalue weighted by Crippen LogP contribution is -2.26. The summed E-state index contributed by atoms with van der Waals surface area (Å²) in [5.41, 5.74) is 0. The molecule has 1 rings (SSSR count). The highest BCUT2D eigenvalue weighted by molar-refractivity contribution is 5.67. The number of hydrogen-bond acceptors (Lipinski definition) is 7. The van der Waals surface area contributed by atoms with Crippen LogP contribution in [0.25, 0.3) is 0 Å². The number of unbranched alkanes of at least 4 members (excludes halogenated alkanes) is 2. The molecule has 0 spiro atoms. The zero-order valence-corrected chi connectivity index (χ0v) is 17.2. The lowest BCUT2D eigenvalue weighted by molar-refractivity contribution is -0.149. The first-order valence-corrected chi connectivity index (χ1v) is 9.92. The van der Waals surface area contributed by atoms with Gasteiger partial charge in [0, 0.05) is 45.4 Å². The van der Waals surface area contributed by atoms with E-state index >= 15 is 0 Å². The van der Waals surface area contributed by atoms with Gasteiger partial charge in [0.05, 0.1) is 0 Å². The van der Waals surface area contributed by atoms with Gasteiger partial charge in [-0.05, 0) is 18.9 Å². The fourth-order valence-electron chi connectivity index (χ4n) is 3.72. The molecule has 0 saturated heterocycles. The molecular weight excluding hydrogens is 364 g/mol. The van der Waals surface area contributed by atoms with Gasteiger partial charge in [-0.15, -0.1) is 0 Å². The Hall–Kier alpha value is -2.18. The topological polar surface area (TPSA) is 96.0 Å². The molecule has 0 aliphatic heterocycles. The summed E-state index contributed by atoms with van der Waals surface area (Å²) in [6, 6.07) is 0.